The van der Waals surface area contributed by atoms with Gasteiger partial charge in [0.1, 0.15) is 28.6 Å². The molecule has 29 heavy (non-hydrogen) atoms. The Bertz CT molecular complexity index is 1100. The van der Waals surface area contributed by atoms with Crippen LogP contribution in [-0.2, 0) is 4.79 Å². The third-order valence-corrected chi connectivity index (χ3v) is 5.37. The van der Waals surface area contributed by atoms with Crippen molar-refractivity contribution < 1.29 is 9.18 Å². The van der Waals surface area contributed by atoms with Crippen LogP contribution in [0.3, 0.4) is 0 Å². The molecule has 2 heterocycles. The summed E-state index contributed by atoms with van der Waals surface area (Å²) in [5, 5.41) is 13.2. The maximum atomic E-state index is 13.3. The summed E-state index contributed by atoms with van der Waals surface area (Å²) in [6, 6.07) is 9.89. The minimum atomic E-state index is -0.354. The lowest BCUT2D eigenvalue weighted by Crippen LogP contribution is -2.18. The number of aromatic nitrogens is 3. The van der Waals surface area contributed by atoms with Crippen molar-refractivity contribution in [3.63, 3.8) is 0 Å². The van der Waals surface area contributed by atoms with Gasteiger partial charge in [-0.25, -0.2) is 14.4 Å². The molecule has 0 spiro atoms. The molecule has 0 aliphatic heterocycles. The second kappa shape index (κ2) is 8.45. The van der Waals surface area contributed by atoms with Gasteiger partial charge < -0.3 is 5.32 Å². The number of amides is 1. The van der Waals surface area contributed by atoms with Crippen LogP contribution in [0.2, 0.25) is 0 Å². The van der Waals surface area contributed by atoms with Gasteiger partial charge in [-0.15, -0.1) is 0 Å². The first-order valence-corrected chi connectivity index (χ1v) is 9.91. The number of nitrogens with one attached hydrogen (secondary N) is 1. The summed E-state index contributed by atoms with van der Waals surface area (Å²) in [6.45, 7) is 7.36. The van der Waals surface area contributed by atoms with Gasteiger partial charge in [-0.05, 0) is 63.6 Å². The highest BCUT2D eigenvalue weighted by Crippen LogP contribution is 2.30. The minimum Gasteiger partial charge on any atom is -0.310 e. The van der Waals surface area contributed by atoms with Gasteiger partial charge in [-0.3, -0.25) is 9.36 Å². The average molecular weight is 409 g/mol. The van der Waals surface area contributed by atoms with Gasteiger partial charge in [0.15, 0.2) is 0 Å². The summed E-state index contributed by atoms with van der Waals surface area (Å²) in [6.07, 6.45) is 0. The molecule has 0 unspecified atom stereocenters. The van der Waals surface area contributed by atoms with E-state index in [9.17, 15) is 14.4 Å². The summed E-state index contributed by atoms with van der Waals surface area (Å²) in [7, 11) is 0. The summed E-state index contributed by atoms with van der Waals surface area (Å²) >= 11 is 1.30. The highest BCUT2D eigenvalue weighted by atomic mass is 32.2. The molecule has 1 amide bonds. The molecule has 6 nitrogen and oxygen atoms in total. The van der Waals surface area contributed by atoms with Crippen LogP contribution in [0, 0.1) is 44.8 Å². The standard InChI is InChI=1S/C21H20FN5OS/c1-12-9-20(25-15(4)24-12)29-11-19(28)26-21-18(10-23)13(2)14(3)27(21)17-7-5-16(22)6-8-17/h5-9H,11H2,1-4H3,(H,26,28). The van der Waals surface area contributed by atoms with E-state index in [4.69, 9.17) is 0 Å². The van der Waals surface area contributed by atoms with E-state index in [0.717, 1.165) is 17.0 Å². The van der Waals surface area contributed by atoms with Crippen LogP contribution in [0.25, 0.3) is 5.69 Å². The number of nitrogens with zero attached hydrogens (tertiary/aromatic N) is 4. The average Bonchev–Trinajstić information content (AvgIpc) is 2.90. The monoisotopic (exact) mass is 409 g/mol. The number of anilines is 1. The van der Waals surface area contributed by atoms with E-state index < -0.39 is 0 Å². The first-order valence-electron chi connectivity index (χ1n) is 8.93. The van der Waals surface area contributed by atoms with Crippen molar-refractivity contribution in [2.45, 2.75) is 32.7 Å². The van der Waals surface area contributed by atoms with Crippen molar-refractivity contribution in [3.05, 3.63) is 64.5 Å². The van der Waals surface area contributed by atoms with Crippen molar-refractivity contribution in [3.8, 4) is 11.8 Å². The summed E-state index contributed by atoms with van der Waals surface area (Å²) in [5.74, 6) is 0.549. The number of carbonyl (C=O) groups excluding carboxylic acids is 1. The van der Waals surface area contributed by atoms with E-state index in [1.54, 1.807) is 23.6 Å². The Morgan fingerprint density at radius 3 is 2.52 bits per heavy atom. The molecule has 0 saturated carbocycles. The lowest BCUT2D eigenvalue weighted by atomic mass is 10.2. The molecule has 1 aromatic carbocycles. The van der Waals surface area contributed by atoms with Crippen LogP contribution < -0.4 is 5.32 Å². The predicted octanol–water partition coefficient (Wildman–Crippen LogP) is 4.24. The van der Waals surface area contributed by atoms with Crippen LogP contribution in [0.15, 0.2) is 35.4 Å². The highest BCUT2D eigenvalue weighted by molar-refractivity contribution is 7.99. The van der Waals surface area contributed by atoms with Crippen molar-refractivity contribution in [2.24, 2.45) is 0 Å². The Labute approximate surface area is 172 Å². The normalized spacial score (nSPS) is 10.6. The Morgan fingerprint density at radius 1 is 1.21 bits per heavy atom. The zero-order valence-electron chi connectivity index (χ0n) is 16.6. The summed E-state index contributed by atoms with van der Waals surface area (Å²) < 4.78 is 15.1. The minimum absolute atomic E-state index is 0.132. The van der Waals surface area contributed by atoms with Crippen LogP contribution >= 0.6 is 11.8 Å². The van der Waals surface area contributed by atoms with E-state index in [-0.39, 0.29) is 17.5 Å². The Balaban J connectivity index is 1.87. The Kier molecular flexibility index (Phi) is 5.99. The van der Waals surface area contributed by atoms with Gasteiger partial charge >= 0.3 is 0 Å². The van der Waals surface area contributed by atoms with E-state index in [1.165, 1.54) is 23.9 Å². The lowest BCUT2D eigenvalue weighted by Gasteiger charge is -2.13. The highest BCUT2D eigenvalue weighted by Gasteiger charge is 2.21. The van der Waals surface area contributed by atoms with E-state index >= 15 is 0 Å². The largest absolute Gasteiger partial charge is 0.310 e. The van der Waals surface area contributed by atoms with Crippen LogP contribution in [-0.4, -0.2) is 26.2 Å². The number of carbonyl (C=O) groups is 1. The number of halogens is 1. The quantitative estimate of drug-likeness (QED) is 0.503. The Morgan fingerprint density at radius 2 is 1.90 bits per heavy atom. The molecule has 2 aromatic heterocycles. The van der Waals surface area contributed by atoms with Crippen LogP contribution in [0.4, 0.5) is 10.2 Å². The van der Waals surface area contributed by atoms with Gasteiger partial charge in [-0.2, -0.15) is 5.26 Å². The van der Waals surface area contributed by atoms with Crippen LogP contribution in [0.5, 0.6) is 0 Å². The Hall–Kier alpha value is -3.18. The molecule has 0 saturated heterocycles. The number of thioether (sulfide) groups is 1. The molecule has 0 atom stereocenters. The van der Waals surface area contributed by atoms with Crippen molar-refractivity contribution >= 4 is 23.5 Å². The van der Waals surface area contributed by atoms with Crippen molar-refractivity contribution in [2.75, 3.05) is 11.1 Å². The molecule has 0 radical (unpaired) electrons. The SMILES string of the molecule is Cc1cc(SCC(=O)Nc2c(C#N)c(C)c(C)n2-c2ccc(F)cc2)nc(C)n1. The number of nitriles is 1. The maximum Gasteiger partial charge on any atom is 0.235 e. The molecule has 0 aliphatic rings. The molecule has 3 rings (SSSR count). The number of rotatable bonds is 5. The third-order valence-electron chi connectivity index (χ3n) is 4.46. The van der Waals surface area contributed by atoms with Gasteiger partial charge in [0.2, 0.25) is 5.91 Å². The second-order valence-corrected chi connectivity index (χ2v) is 7.58. The van der Waals surface area contributed by atoms with Crippen molar-refractivity contribution in [1.82, 2.24) is 14.5 Å². The molecule has 0 fully saturated rings. The fourth-order valence-electron chi connectivity index (χ4n) is 3.04. The second-order valence-electron chi connectivity index (χ2n) is 6.59. The summed E-state index contributed by atoms with van der Waals surface area (Å²) in [4.78, 5) is 21.2. The molecule has 0 bridgehead atoms. The van der Waals surface area contributed by atoms with E-state index in [0.29, 0.717) is 27.9 Å². The number of hydrogen-bond acceptors (Lipinski definition) is 5. The smallest absolute Gasteiger partial charge is 0.235 e. The molecule has 3 aromatic rings. The topological polar surface area (TPSA) is 83.6 Å². The third kappa shape index (κ3) is 4.46. The molecule has 8 heteroatoms. The van der Waals surface area contributed by atoms with E-state index in [1.807, 2.05) is 26.8 Å². The number of hydrogen-bond donors (Lipinski definition) is 1. The molecule has 148 valence electrons. The number of benzene rings is 1. The van der Waals surface area contributed by atoms with Gasteiger partial charge in [-0.1, -0.05) is 11.8 Å². The van der Waals surface area contributed by atoms with Crippen molar-refractivity contribution in [1.29, 1.82) is 5.26 Å². The fourth-order valence-corrected chi connectivity index (χ4v) is 3.84. The molecular weight excluding hydrogens is 389 g/mol. The molecule has 0 aliphatic carbocycles. The predicted molar refractivity (Wildman–Crippen MR) is 111 cm³/mol. The lowest BCUT2D eigenvalue weighted by molar-refractivity contribution is -0.113. The summed E-state index contributed by atoms with van der Waals surface area (Å²) in [5.41, 5.74) is 3.46. The van der Waals surface area contributed by atoms with Gasteiger partial charge in [0.25, 0.3) is 0 Å². The van der Waals surface area contributed by atoms with Gasteiger partial charge in [0.05, 0.1) is 11.3 Å². The zero-order valence-corrected chi connectivity index (χ0v) is 17.4. The zero-order chi connectivity index (χ0) is 21.1. The molecular formula is C21H20FN5OS. The fraction of sp³-hybridized carbons (Fsp3) is 0.238. The number of aryl methyl sites for hydroxylation is 2. The van der Waals surface area contributed by atoms with E-state index in [2.05, 4.69) is 21.4 Å². The first-order chi connectivity index (χ1) is 13.8. The first kappa shape index (κ1) is 20.6. The van der Waals surface area contributed by atoms with Gasteiger partial charge in [0, 0.05) is 17.1 Å². The van der Waals surface area contributed by atoms with Crippen LogP contribution in [0.1, 0.15) is 28.3 Å². The maximum absolute atomic E-state index is 13.3. The molecule has 1 N–H and O–H groups in total.